The number of aromatic nitrogens is 1. The average molecular weight is 329 g/mol. The normalized spacial score (nSPS) is 10.6. The van der Waals surface area contributed by atoms with Crippen LogP contribution in [-0.2, 0) is 0 Å². The van der Waals surface area contributed by atoms with E-state index >= 15 is 0 Å². The molecule has 0 aliphatic rings. The summed E-state index contributed by atoms with van der Waals surface area (Å²) in [6.45, 7) is 0. The molecule has 1 aromatic heterocycles. The van der Waals surface area contributed by atoms with Crippen molar-refractivity contribution in [2.24, 2.45) is 0 Å². The number of hydrogen-bond acceptors (Lipinski definition) is 4. The SMILES string of the molecule is O=C([O-])c1cc(/C=C/c2ccc3ccccc3n2)ccc1O.[K+]. The van der Waals surface area contributed by atoms with E-state index in [-0.39, 0.29) is 62.7 Å². The van der Waals surface area contributed by atoms with Crippen molar-refractivity contribution in [2.45, 2.75) is 0 Å². The summed E-state index contributed by atoms with van der Waals surface area (Å²) in [5, 5.41) is 21.4. The van der Waals surface area contributed by atoms with Crippen molar-refractivity contribution in [3.05, 3.63) is 71.4 Å². The molecule has 0 atom stereocenters. The van der Waals surface area contributed by atoms with Gasteiger partial charge in [-0.1, -0.05) is 36.4 Å². The summed E-state index contributed by atoms with van der Waals surface area (Å²) in [5.74, 6) is -1.71. The van der Waals surface area contributed by atoms with Gasteiger partial charge in [-0.05, 0) is 35.9 Å². The summed E-state index contributed by atoms with van der Waals surface area (Å²) >= 11 is 0. The molecule has 0 amide bonds. The molecular formula is C18H12KNO3. The van der Waals surface area contributed by atoms with Gasteiger partial charge < -0.3 is 15.0 Å². The largest absolute Gasteiger partial charge is 1.00 e. The van der Waals surface area contributed by atoms with E-state index in [1.807, 2.05) is 36.4 Å². The number of benzene rings is 2. The van der Waals surface area contributed by atoms with Crippen LogP contribution in [0.25, 0.3) is 23.1 Å². The molecule has 0 aliphatic carbocycles. The van der Waals surface area contributed by atoms with Crippen LogP contribution in [0.1, 0.15) is 21.6 Å². The molecule has 23 heavy (non-hydrogen) atoms. The van der Waals surface area contributed by atoms with Crippen molar-refractivity contribution >= 4 is 29.0 Å². The topological polar surface area (TPSA) is 73.2 Å². The quantitative estimate of drug-likeness (QED) is 0.656. The zero-order valence-electron chi connectivity index (χ0n) is 12.6. The van der Waals surface area contributed by atoms with Gasteiger partial charge in [-0.3, -0.25) is 0 Å². The first-order valence-corrected chi connectivity index (χ1v) is 6.72. The molecule has 3 aromatic rings. The van der Waals surface area contributed by atoms with E-state index in [0.717, 1.165) is 16.6 Å². The maximum atomic E-state index is 10.9. The van der Waals surface area contributed by atoms with Crippen LogP contribution >= 0.6 is 0 Å². The zero-order valence-corrected chi connectivity index (χ0v) is 15.7. The van der Waals surface area contributed by atoms with Gasteiger partial charge in [-0.2, -0.15) is 0 Å². The van der Waals surface area contributed by atoms with Crippen LogP contribution < -0.4 is 56.5 Å². The predicted molar refractivity (Wildman–Crippen MR) is 83.1 cm³/mol. The van der Waals surface area contributed by atoms with Crippen molar-refractivity contribution in [2.75, 3.05) is 0 Å². The van der Waals surface area contributed by atoms with Crippen molar-refractivity contribution < 1.29 is 66.4 Å². The smallest absolute Gasteiger partial charge is 0.545 e. The van der Waals surface area contributed by atoms with E-state index in [2.05, 4.69) is 4.98 Å². The molecule has 0 unspecified atom stereocenters. The molecule has 1 heterocycles. The van der Waals surface area contributed by atoms with Crippen LogP contribution in [0, 0.1) is 0 Å². The second-order valence-electron chi connectivity index (χ2n) is 4.83. The molecular weight excluding hydrogens is 317 g/mol. The van der Waals surface area contributed by atoms with Gasteiger partial charge in [0.2, 0.25) is 0 Å². The molecule has 2 aromatic carbocycles. The Labute approximate surface area is 175 Å². The zero-order chi connectivity index (χ0) is 15.5. The number of aromatic hydroxyl groups is 1. The minimum atomic E-state index is -1.41. The Balaban J connectivity index is 0.00000192. The van der Waals surface area contributed by atoms with E-state index in [4.69, 9.17) is 0 Å². The molecule has 0 spiro atoms. The number of fused-ring (bicyclic) bond motifs is 1. The van der Waals surface area contributed by atoms with Crippen molar-refractivity contribution in [3.8, 4) is 5.75 Å². The fourth-order valence-electron chi connectivity index (χ4n) is 2.18. The summed E-state index contributed by atoms with van der Waals surface area (Å²) < 4.78 is 0. The van der Waals surface area contributed by atoms with Gasteiger partial charge in [0, 0.05) is 10.9 Å². The van der Waals surface area contributed by atoms with Crippen LogP contribution in [0.15, 0.2) is 54.6 Å². The summed E-state index contributed by atoms with van der Waals surface area (Å²) in [4.78, 5) is 15.4. The number of pyridine rings is 1. The first kappa shape index (κ1) is 17.8. The third kappa shape index (κ3) is 4.28. The van der Waals surface area contributed by atoms with Crippen molar-refractivity contribution in [3.63, 3.8) is 0 Å². The first-order chi connectivity index (χ1) is 10.6. The first-order valence-electron chi connectivity index (χ1n) is 6.72. The van der Waals surface area contributed by atoms with Crippen LogP contribution in [0.5, 0.6) is 5.75 Å². The second-order valence-corrected chi connectivity index (χ2v) is 4.83. The monoisotopic (exact) mass is 329 g/mol. The molecule has 0 bridgehead atoms. The number of hydrogen-bond donors (Lipinski definition) is 1. The maximum absolute atomic E-state index is 10.9. The van der Waals surface area contributed by atoms with Gasteiger partial charge in [0.05, 0.1) is 17.2 Å². The number of carbonyl (C=O) groups excluding carboxylic acids is 1. The number of carbonyl (C=O) groups is 1. The van der Waals surface area contributed by atoms with Gasteiger partial charge in [-0.25, -0.2) is 4.98 Å². The number of para-hydroxylation sites is 1. The molecule has 0 fully saturated rings. The van der Waals surface area contributed by atoms with Gasteiger partial charge in [0.15, 0.2) is 0 Å². The van der Waals surface area contributed by atoms with Gasteiger partial charge in [0.1, 0.15) is 5.75 Å². The molecule has 3 rings (SSSR count). The molecule has 4 nitrogen and oxygen atoms in total. The third-order valence-corrected chi connectivity index (χ3v) is 3.31. The second kappa shape index (κ2) is 7.85. The van der Waals surface area contributed by atoms with E-state index in [9.17, 15) is 15.0 Å². The van der Waals surface area contributed by atoms with Crippen LogP contribution in [0.4, 0.5) is 0 Å². The van der Waals surface area contributed by atoms with E-state index < -0.39 is 5.97 Å². The van der Waals surface area contributed by atoms with Crippen molar-refractivity contribution in [1.29, 1.82) is 0 Å². The summed E-state index contributed by atoms with van der Waals surface area (Å²) in [6, 6.07) is 16.0. The number of carboxylic acid groups (broad SMARTS) is 1. The number of phenols is 1. The molecule has 0 aliphatic heterocycles. The Hall–Kier alpha value is -1.50. The van der Waals surface area contributed by atoms with Crippen molar-refractivity contribution in [1.82, 2.24) is 4.98 Å². The Morgan fingerprint density at radius 1 is 1.04 bits per heavy atom. The summed E-state index contributed by atoms with van der Waals surface area (Å²) in [5.41, 5.74) is 2.08. The molecule has 108 valence electrons. The maximum Gasteiger partial charge on any atom is 1.00 e. The molecule has 1 N–H and O–H groups in total. The summed E-state index contributed by atoms with van der Waals surface area (Å²) in [7, 11) is 0. The predicted octanol–water partition coefficient (Wildman–Crippen LogP) is -0.522. The van der Waals surface area contributed by atoms with Gasteiger partial charge >= 0.3 is 51.4 Å². The average Bonchev–Trinajstić information content (AvgIpc) is 2.53. The Morgan fingerprint density at radius 3 is 2.61 bits per heavy atom. The number of rotatable bonds is 3. The molecule has 5 heteroatoms. The molecule has 0 saturated heterocycles. The standard InChI is InChI=1S/C18H13NO3.K/c20-17-10-6-12(11-15(17)18(21)22)5-8-14-9-7-13-3-1-2-4-16(13)19-14;/h1-11,20H,(H,21,22);/q;+1/p-1/b8-5+;. The fourth-order valence-corrected chi connectivity index (χ4v) is 2.18. The van der Waals surface area contributed by atoms with E-state index in [1.165, 1.54) is 12.1 Å². The summed E-state index contributed by atoms with van der Waals surface area (Å²) in [6.07, 6.45) is 3.53. The Bertz CT molecular complexity index is 890. The van der Waals surface area contributed by atoms with Crippen LogP contribution in [0.3, 0.4) is 0 Å². The number of aromatic carboxylic acids is 1. The van der Waals surface area contributed by atoms with Crippen LogP contribution in [-0.4, -0.2) is 16.1 Å². The molecule has 0 radical (unpaired) electrons. The molecule has 0 saturated carbocycles. The third-order valence-electron chi connectivity index (χ3n) is 3.31. The van der Waals surface area contributed by atoms with Gasteiger partial charge in [-0.15, -0.1) is 0 Å². The van der Waals surface area contributed by atoms with E-state index in [0.29, 0.717) is 5.56 Å². The Morgan fingerprint density at radius 2 is 1.83 bits per heavy atom. The van der Waals surface area contributed by atoms with E-state index in [1.54, 1.807) is 18.2 Å². The number of carboxylic acids is 1. The number of nitrogens with zero attached hydrogens (tertiary/aromatic N) is 1. The fraction of sp³-hybridized carbons (Fsp3) is 0. The van der Waals surface area contributed by atoms with Crippen LogP contribution in [0.2, 0.25) is 0 Å². The minimum Gasteiger partial charge on any atom is -0.545 e. The Kier molecular flexibility index (Phi) is 6.09. The van der Waals surface area contributed by atoms with Gasteiger partial charge in [0.25, 0.3) is 0 Å². The minimum absolute atomic E-state index is 0.